The van der Waals surface area contributed by atoms with E-state index in [0.717, 1.165) is 0 Å². The minimum atomic E-state index is -0.101. The molecule has 1 aliphatic rings. The Morgan fingerprint density at radius 2 is 1.60 bits per heavy atom. The third-order valence-electron chi connectivity index (χ3n) is 4.28. The van der Waals surface area contributed by atoms with E-state index in [1.54, 1.807) is 23.1 Å². The van der Waals surface area contributed by atoms with Gasteiger partial charge in [-0.1, -0.05) is 53.5 Å². The van der Waals surface area contributed by atoms with Crippen LogP contribution in [0, 0.1) is 0 Å². The van der Waals surface area contributed by atoms with Gasteiger partial charge in [-0.3, -0.25) is 14.5 Å². The molecule has 3 rings (SSSR count). The number of nitrogens with zero attached hydrogens (tertiary/aromatic N) is 2. The molecule has 0 bridgehead atoms. The third kappa shape index (κ3) is 4.40. The highest BCUT2D eigenvalue weighted by Crippen LogP contribution is 2.22. The summed E-state index contributed by atoms with van der Waals surface area (Å²) in [5, 5.41) is 0.866. The zero-order valence-corrected chi connectivity index (χ0v) is 15.1. The van der Waals surface area contributed by atoms with Crippen LogP contribution in [0.15, 0.2) is 48.5 Å². The van der Waals surface area contributed by atoms with Crippen LogP contribution in [0.1, 0.15) is 20.7 Å². The molecule has 1 saturated heterocycles. The maximum absolute atomic E-state index is 12.6. The standard InChI is InChI=1S/C19H18Cl2N2O2/c20-15-6-7-16(17(21)12-15)19(25)23-10-8-22(9-11-23)13-18(24)14-4-2-1-3-5-14/h1-7,12H,8-11,13H2. The van der Waals surface area contributed by atoms with Crippen LogP contribution in [-0.4, -0.2) is 54.2 Å². The maximum atomic E-state index is 12.6. The Bertz CT molecular complexity index is 772. The van der Waals surface area contributed by atoms with Gasteiger partial charge in [0.05, 0.1) is 17.1 Å². The fraction of sp³-hybridized carbons (Fsp3) is 0.263. The van der Waals surface area contributed by atoms with Crippen LogP contribution in [0.3, 0.4) is 0 Å². The Morgan fingerprint density at radius 1 is 0.920 bits per heavy atom. The van der Waals surface area contributed by atoms with Gasteiger partial charge in [-0.05, 0) is 18.2 Å². The first-order valence-corrected chi connectivity index (χ1v) is 8.85. The number of carbonyl (C=O) groups excluding carboxylic acids is 2. The summed E-state index contributed by atoms with van der Waals surface area (Å²) in [7, 11) is 0. The van der Waals surface area contributed by atoms with Crippen molar-refractivity contribution in [3.63, 3.8) is 0 Å². The van der Waals surface area contributed by atoms with Gasteiger partial charge in [-0.2, -0.15) is 0 Å². The first-order valence-electron chi connectivity index (χ1n) is 8.09. The summed E-state index contributed by atoms with van der Waals surface area (Å²) in [6.45, 7) is 2.83. The molecule has 0 atom stereocenters. The Morgan fingerprint density at radius 3 is 2.24 bits per heavy atom. The summed E-state index contributed by atoms with van der Waals surface area (Å²) >= 11 is 12.0. The number of benzene rings is 2. The van der Waals surface area contributed by atoms with Gasteiger partial charge in [-0.15, -0.1) is 0 Å². The summed E-state index contributed by atoms with van der Waals surface area (Å²) in [6, 6.07) is 14.1. The molecule has 4 nitrogen and oxygen atoms in total. The highest BCUT2D eigenvalue weighted by molar-refractivity contribution is 6.36. The van der Waals surface area contributed by atoms with Gasteiger partial charge in [-0.25, -0.2) is 0 Å². The van der Waals surface area contributed by atoms with Crippen molar-refractivity contribution in [2.24, 2.45) is 0 Å². The van der Waals surface area contributed by atoms with Crippen molar-refractivity contribution in [3.05, 3.63) is 69.7 Å². The largest absolute Gasteiger partial charge is 0.336 e. The molecular formula is C19H18Cl2N2O2. The predicted octanol–water partition coefficient (Wildman–Crippen LogP) is 3.63. The second-order valence-corrected chi connectivity index (χ2v) is 6.83. The normalized spacial score (nSPS) is 15.2. The fourth-order valence-corrected chi connectivity index (χ4v) is 3.35. The monoisotopic (exact) mass is 376 g/mol. The smallest absolute Gasteiger partial charge is 0.255 e. The lowest BCUT2D eigenvalue weighted by Gasteiger charge is -2.34. The van der Waals surface area contributed by atoms with E-state index in [1.165, 1.54) is 0 Å². The van der Waals surface area contributed by atoms with Gasteiger partial charge in [0.15, 0.2) is 5.78 Å². The Labute approximate surface area is 156 Å². The number of rotatable bonds is 4. The van der Waals surface area contributed by atoms with Crippen LogP contribution >= 0.6 is 23.2 Å². The van der Waals surface area contributed by atoms with Gasteiger partial charge in [0.2, 0.25) is 0 Å². The molecule has 25 heavy (non-hydrogen) atoms. The molecule has 0 spiro atoms. The summed E-state index contributed by atoms with van der Waals surface area (Å²) in [5.74, 6) is -0.00294. The molecule has 0 aromatic heterocycles. The van der Waals surface area contributed by atoms with Crippen molar-refractivity contribution < 1.29 is 9.59 Å². The fourth-order valence-electron chi connectivity index (χ4n) is 2.86. The molecule has 2 aromatic rings. The Balaban J connectivity index is 1.56. The summed E-state index contributed by atoms with van der Waals surface area (Å²) in [4.78, 5) is 28.7. The zero-order valence-electron chi connectivity index (χ0n) is 13.6. The van der Waals surface area contributed by atoms with Crippen molar-refractivity contribution in [3.8, 4) is 0 Å². The summed E-state index contributed by atoms with van der Waals surface area (Å²) in [5.41, 5.74) is 1.17. The molecule has 0 unspecified atom stereocenters. The molecular weight excluding hydrogens is 359 g/mol. The SMILES string of the molecule is O=C(CN1CCN(C(=O)c2ccc(Cl)cc2Cl)CC1)c1ccccc1. The molecule has 0 saturated carbocycles. The van der Waals surface area contributed by atoms with Crippen molar-refractivity contribution in [1.82, 2.24) is 9.80 Å². The van der Waals surface area contributed by atoms with E-state index in [-0.39, 0.29) is 11.7 Å². The third-order valence-corrected chi connectivity index (χ3v) is 4.83. The molecule has 0 radical (unpaired) electrons. The van der Waals surface area contributed by atoms with E-state index in [1.807, 2.05) is 30.3 Å². The number of ketones is 1. The van der Waals surface area contributed by atoms with Crippen LogP contribution in [0.2, 0.25) is 10.0 Å². The second kappa shape index (κ2) is 8.00. The predicted molar refractivity (Wildman–Crippen MR) is 99.6 cm³/mol. The zero-order chi connectivity index (χ0) is 17.8. The molecule has 6 heteroatoms. The van der Waals surface area contributed by atoms with Crippen LogP contribution < -0.4 is 0 Å². The van der Waals surface area contributed by atoms with Crippen LogP contribution in [0.4, 0.5) is 0 Å². The molecule has 0 aliphatic carbocycles. The Kier molecular flexibility index (Phi) is 5.74. The minimum Gasteiger partial charge on any atom is -0.336 e. The van der Waals surface area contributed by atoms with Crippen LogP contribution in [0.25, 0.3) is 0 Å². The molecule has 2 aromatic carbocycles. The van der Waals surface area contributed by atoms with Gasteiger partial charge in [0.1, 0.15) is 0 Å². The van der Waals surface area contributed by atoms with Gasteiger partial charge < -0.3 is 4.90 Å². The molecule has 130 valence electrons. The molecule has 1 amide bonds. The lowest BCUT2D eigenvalue weighted by atomic mass is 10.1. The van der Waals surface area contributed by atoms with Crippen LogP contribution in [-0.2, 0) is 0 Å². The van der Waals surface area contributed by atoms with Crippen molar-refractivity contribution in [1.29, 1.82) is 0 Å². The number of carbonyl (C=O) groups is 2. The number of Topliss-reactive ketones (excluding diaryl/α,β-unsaturated/α-hetero) is 1. The number of hydrogen-bond donors (Lipinski definition) is 0. The average Bonchev–Trinajstić information content (AvgIpc) is 2.62. The molecule has 1 fully saturated rings. The Hall–Kier alpha value is -1.88. The average molecular weight is 377 g/mol. The highest BCUT2D eigenvalue weighted by Gasteiger charge is 2.24. The van der Waals surface area contributed by atoms with E-state index >= 15 is 0 Å². The lowest BCUT2D eigenvalue weighted by Crippen LogP contribution is -2.50. The molecule has 1 aliphatic heterocycles. The first-order chi connectivity index (χ1) is 12.0. The van der Waals surface area contributed by atoms with Gasteiger partial charge in [0.25, 0.3) is 5.91 Å². The topological polar surface area (TPSA) is 40.6 Å². The summed E-state index contributed by atoms with van der Waals surface area (Å²) in [6.07, 6.45) is 0. The lowest BCUT2D eigenvalue weighted by molar-refractivity contribution is 0.0624. The number of piperazine rings is 1. The maximum Gasteiger partial charge on any atom is 0.255 e. The van der Waals surface area contributed by atoms with Gasteiger partial charge in [0, 0.05) is 36.8 Å². The highest BCUT2D eigenvalue weighted by atomic mass is 35.5. The van der Waals surface area contributed by atoms with E-state index in [2.05, 4.69) is 4.90 Å². The van der Waals surface area contributed by atoms with Gasteiger partial charge >= 0.3 is 0 Å². The molecule has 1 heterocycles. The van der Waals surface area contributed by atoms with E-state index < -0.39 is 0 Å². The summed E-state index contributed by atoms with van der Waals surface area (Å²) < 4.78 is 0. The van der Waals surface area contributed by atoms with E-state index in [9.17, 15) is 9.59 Å². The number of hydrogen-bond acceptors (Lipinski definition) is 3. The van der Waals surface area contributed by atoms with E-state index in [0.29, 0.717) is 53.9 Å². The van der Waals surface area contributed by atoms with Crippen molar-refractivity contribution >= 4 is 34.9 Å². The first kappa shape index (κ1) is 17.9. The molecule has 0 N–H and O–H groups in total. The second-order valence-electron chi connectivity index (χ2n) is 5.98. The number of amides is 1. The quantitative estimate of drug-likeness (QED) is 0.764. The minimum absolute atomic E-state index is 0.0983. The number of halogens is 2. The van der Waals surface area contributed by atoms with Crippen molar-refractivity contribution in [2.75, 3.05) is 32.7 Å². The van der Waals surface area contributed by atoms with Crippen LogP contribution in [0.5, 0.6) is 0 Å². The van der Waals surface area contributed by atoms with Crippen molar-refractivity contribution in [2.45, 2.75) is 0 Å². The van der Waals surface area contributed by atoms with E-state index in [4.69, 9.17) is 23.2 Å².